The topological polar surface area (TPSA) is 73.6 Å². The lowest BCUT2D eigenvalue weighted by atomic mass is 10.2. The summed E-state index contributed by atoms with van der Waals surface area (Å²) < 4.78 is 11.0. The molecular formula is C15H22N2O3S. The molecule has 1 unspecified atom stereocenters. The van der Waals surface area contributed by atoms with Crippen molar-refractivity contribution in [2.75, 3.05) is 13.2 Å². The maximum Gasteiger partial charge on any atom is 0.258 e. The average Bonchev–Trinajstić information content (AvgIpc) is 2.45. The number of ether oxygens (including phenoxy) is 2. The molecule has 1 aromatic rings. The molecule has 0 aliphatic rings. The minimum atomic E-state index is -0.162. The van der Waals surface area contributed by atoms with Gasteiger partial charge in [-0.3, -0.25) is 4.79 Å². The zero-order valence-electron chi connectivity index (χ0n) is 12.6. The van der Waals surface area contributed by atoms with Crippen molar-refractivity contribution in [2.45, 2.75) is 33.2 Å². The molecule has 0 aromatic heterocycles. The highest BCUT2D eigenvalue weighted by molar-refractivity contribution is 7.80. The van der Waals surface area contributed by atoms with Gasteiger partial charge in [0.15, 0.2) is 18.1 Å². The average molecular weight is 310 g/mol. The van der Waals surface area contributed by atoms with Crippen molar-refractivity contribution in [3.63, 3.8) is 0 Å². The molecule has 0 saturated carbocycles. The fraction of sp³-hybridized carbons (Fsp3) is 0.467. The number of amides is 1. The minimum Gasteiger partial charge on any atom is -0.490 e. The number of carbonyl (C=O) groups excluding carboxylic acids is 1. The molecule has 0 bridgehead atoms. The van der Waals surface area contributed by atoms with Crippen molar-refractivity contribution in [3.05, 3.63) is 23.8 Å². The molecule has 0 aliphatic heterocycles. The summed E-state index contributed by atoms with van der Waals surface area (Å²) in [4.78, 5) is 12.0. The van der Waals surface area contributed by atoms with Crippen LogP contribution in [-0.2, 0) is 4.79 Å². The van der Waals surface area contributed by atoms with Gasteiger partial charge < -0.3 is 20.5 Å². The first-order chi connectivity index (χ1) is 9.97. The molecule has 0 aliphatic carbocycles. The van der Waals surface area contributed by atoms with Gasteiger partial charge in [-0.1, -0.05) is 19.1 Å². The number of hydrogen-bond donors (Lipinski definition) is 2. The summed E-state index contributed by atoms with van der Waals surface area (Å²) in [6, 6.07) is 5.29. The summed E-state index contributed by atoms with van der Waals surface area (Å²) in [5.41, 5.74) is 6.29. The van der Waals surface area contributed by atoms with Gasteiger partial charge in [-0.05, 0) is 38.5 Å². The summed E-state index contributed by atoms with van der Waals surface area (Å²) in [5.74, 6) is 0.862. The largest absolute Gasteiger partial charge is 0.490 e. The Morgan fingerprint density at radius 2 is 2.05 bits per heavy atom. The van der Waals surface area contributed by atoms with Gasteiger partial charge in [-0.25, -0.2) is 0 Å². The normalized spacial score (nSPS) is 11.6. The monoisotopic (exact) mass is 310 g/mol. The third kappa shape index (κ3) is 5.59. The first-order valence-electron chi connectivity index (χ1n) is 6.96. The van der Waals surface area contributed by atoms with Crippen LogP contribution in [0.15, 0.2) is 18.2 Å². The van der Waals surface area contributed by atoms with Crippen LogP contribution in [0.4, 0.5) is 0 Å². The van der Waals surface area contributed by atoms with Gasteiger partial charge in [-0.15, -0.1) is 0 Å². The molecule has 0 heterocycles. The Kier molecular flexibility index (Phi) is 6.94. The quantitative estimate of drug-likeness (QED) is 0.719. The molecule has 3 N–H and O–H groups in total. The lowest BCUT2D eigenvalue weighted by Gasteiger charge is -2.14. The van der Waals surface area contributed by atoms with E-state index < -0.39 is 0 Å². The molecule has 5 nitrogen and oxygen atoms in total. The van der Waals surface area contributed by atoms with E-state index >= 15 is 0 Å². The van der Waals surface area contributed by atoms with Crippen LogP contribution in [0, 0.1) is 0 Å². The second-order valence-electron chi connectivity index (χ2n) is 4.62. The Bertz CT molecular complexity index is 506. The van der Waals surface area contributed by atoms with Crippen LogP contribution in [0.3, 0.4) is 0 Å². The van der Waals surface area contributed by atoms with Crippen molar-refractivity contribution >= 4 is 23.1 Å². The van der Waals surface area contributed by atoms with Crippen LogP contribution >= 0.6 is 12.2 Å². The minimum absolute atomic E-state index is 0.0587. The number of nitrogens with one attached hydrogen (secondary N) is 1. The van der Waals surface area contributed by atoms with Crippen molar-refractivity contribution < 1.29 is 14.3 Å². The van der Waals surface area contributed by atoms with E-state index in [1.165, 1.54) is 0 Å². The Labute approximate surface area is 130 Å². The molecule has 0 fully saturated rings. The molecule has 0 radical (unpaired) electrons. The Morgan fingerprint density at radius 1 is 1.33 bits per heavy atom. The maximum absolute atomic E-state index is 11.7. The van der Waals surface area contributed by atoms with Gasteiger partial charge in [0, 0.05) is 11.6 Å². The van der Waals surface area contributed by atoms with Crippen molar-refractivity contribution in [2.24, 2.45) is 5.73 Å². The Morgan fingerprint density at radius 3 is 2.62 bits per heavy atom. The van der Waals surface area contributed by atoms with Crippen LogP contribution in [0.5, 0.6) is 11.5 Å². The van der Waals surface area contributed by atoms with Gasteiger partial charge in [0.25, 0.3) is 5.91 Å². The molecule has 1 atom stereocenters. The zero-order valence-corrected chi connectivity index (χ0v) is 13.5. The highest BCUT2D eigenvalue weighted by Gasteiger charge is 2.11. The number of rotatable bonds is 8. The van der Waals surface area contributed by atoms with E-state index in [9.17, 15) is 4.79 Å². The lowest BCUT2D eigenvalue weighted by Crippen LogP contribution is -2.35. The summed E-state index contributed by atoms with van der Waals surface area (Å²) >= 11 is 4.93. The Balaban J connectivity index is 2.73. The molecule has 1 amide bonds. The van der Waals surface area contributed by atoms with Gasteiger partial charge in [0.05, 0.1) is 6.61 Å². The summed E-state index contributed by atoms with van der Waals surface area (Å²) in [6.07, 6.45) is 0.874. The lowest BCUT2D eigenvalue weighted by molar-refractivity contribution is -0.123. The molecule has 0 spiro atoms. The smallest absolute Gasteiger partial charge is 0.258 e. The predicted molar refractivity (Wildman–Crippen MR) is 86.9 cm³/mol. The molecule has 6 heteroatoms. The first kappa shape index (κ1) is 17.2. The van der Waals surface area contributed by atoms with Gasteiger partial charge in [-0.2, -0.15) is 0 Å². The fourth-order valence-corrected chi connectivity index (χ4v) is 1.74. The van der Waals surface area contributed by atoms with Crippen LogP contribution < -0.4 is 20.5 Å². The molecular weight excluding hydrogens is 288 g/mol. The van der Waals surface area contributed by atoms with Crippen molar-refractivity contribution in [1.29, 1.82) is 0 Å². The molecule has 0 saturated heterocycles. The van der Waals surface area contributed by atoms with E-state index in [1.807, 2.05) is 20.8 Å². The van der Waals surface area contributed by atoms with E-state index in [-0.39, 0.29) is 23.5 Å². The SMILES string of the molecule is CCOc1cc(C(N)=S)ccc1OCC(=O)NC(C)CC. The number of hydrogen-bond acceptors (Lipinski definition) is 4. The van der Waals surface area contributed by atoms with Crippen LogP contribution in [0.25, 0.3) is 0 Å². The molecule has 116 valence electrons. The highest BCUT2D eigenvalue weighted by Crippen LogP contribution is 2.28. The molecule has 1 aromatic carbocycles. The van der Waals surface area contributed by atoms with Crippen molar-refractivity contribution in [1.82, 2.24) is 5.32 Å². The van der Waals surface area contributed by atoms with Gasteiger partial charge in [0.1, 0.15) is 4.99 Å². The van der Waals surface area contributed by atoms with E-state index in [1.54, 1.807) is 18.2 Å². The Hall–Kier alpha value is -1.82. The van der Waals surface area contributed by atoms with E-state index in [4.69, 9.17) is 27.4 Å². The zero-order chi connectivity index (χ0) is 15.8. The summed E-state index contributed by atoms with van der Waals surface area (Å²) in [6.45, 7) is 6.24. The number of carbonyl (C=O) groups is 1. The third-order valence-corrected chi connectivity index (χ3v) is 3.14. The first-order valence-corrected chi connectivity index (χ1v) is 7.37. The maximum atomic E-state index is 11.7. The summed E-state index contributed by atoms with van der Waals surface area (Å²) in [5, 5.41) is 2.84. The fourth-order valence-electron chi connectivity index (χ4n) is 1.61. The standard InChI is InChI=1S/C15H22N2O3S/c1-4-10(3)17-14(18)9-20-12-7-6-11(15(16)21)8-13(12)19-5-2/h6-8,10H,4-5,9H2,1-3H3,(H2,16,21)(H,17,18). The summed E-state index contributed by atoms with van der Waals surface area (Å²) in [7, 11) is 0. The van der Waals surface area contributed by atoms with Gasteiger partial charge in [0.2, 0.25) is 0 Å². The van der Waals surface area contributed by atoms with Crippen molar-refractivity contribution in [3.8, 4) is 11.5 Å². The predicted octanol–water partition coefficient (Wildman–Crippen LogP) is 2.01. The van der Waals surface area contributed by atoms with Crippen LogP contribution in [0.2, 0.25) is 0 Å². The third-order valence-electron chi connectivity index (χ3n) is 2.91. The number of benzene rings is 1. The van der Waals surface area contributed by atoms with Crippen LogP contribution in [-0.4, -0.2) is 30.2 Å². The van der Waals surface area contributed by atoms with Gasteiger partial charge >= 0.3 is 0 Å². The van der Waals surface area contributed by atoms with E-state index in [0.717, 1.165) is 6.42 Å². The molecule has 21 heavy (non-hydrogen) atoms. The number of nitrogens with two attached hydrogens (primary N) is 1. The number of thiocarbonyl (C=S) groups is 1. The van der Waals surface area contributed by atoms with E-state index in [0.29, 0.717) is 23.7 Å². The van der Waals surface area contributed by atoms with Crippen LogP contribution in [0.1, 0.15) is 32.8 Å². The second kappa shape index (κ2) is 8.46. The highest BCUT2D eigenvalue weighted by atomic mass is 32.1. The molecule has 1 rings (SSSR count). The van der Waals surface area contributed by atoms with E-state index in [2.05, 4.69) is 5.32 Å². The second-order valence-corrected chi connectivity index (χ2v) is 5.06.